The molecule has 0 bridgehead atoms. The largest absolute Gasteiger partial charge is 0.416 e. The van der Waals surface area contributed by atoms with Gasteiger partial charge in [-0.05, 0) is 12.1 Å². The van der Waals surface area contributed by atoms with Crippen LogP contribution < -0.4 is 5.32 Å². The van der Waals surface area contributed by atoms with Crippen molar-refractivity contribution in [2.24, 2.45) is 0 Å². The summed E-state index contributed by atoms with van der Waals surface area (Å²) in [5.74, 6) is -1.10. The molecule has 0 spiro atoms. The molecule has 0 saturated carbocycles. The van der Waals surface area contributed by atoms with E-state index >= 15 is 0 Å². The fourth-order valence-electron chi connectivity index (χ4n) is 2.73. The Morgan fingerprint density at radius 3 is 2.26 bits per heavy atom. The Labute approximate surface area is 136 Å². The van der Waals surface area contributed by atoms with Gasteiger partial charge in [0.05, 0.1) is 5.56 Å². The molecular weight excluding hydrogens is 346 g/mol. The standard InChI is InChI=1S/C14H16F6N2.ClH/c15-10-3-1-2-9(14(18,19)20)13(10)11(8-12(16)17)22-6-4-21-5-7-22;/h1-3,11-12,21H,4-8H2;1H/t11-;/m0./s1. The molecule has 1 aliphatic rings. The Morgan fingerprint density at radius 1 is 1.13 bits per heavy atom. The molecule has 2 rings (SSSR count). The number of piperazine rings is 1. The minimum absolute atomic E-state index is 0. The molecule has 1 fully saturated rings. The molecule has 0 aliphatic carbocycles. The van der Waals surface area contributed by atoms with Crippen LogP contribution in [0.15, 0.2) is 18.2 Å². The Bertz CT molecular complexity index is 503. The van der Waals surface area contributed by atoms with Gasteiger partial charge in [0, 0.05) is 44.2 Å². The summed E-state index contributed by atoms with van der Waals surface area (Å²) in [4.78, 5) is 1.48. The summed E-state index contributed by atoms with van der Waals surface area (Å²) < 4.78 is 79.1. The fraction of sp³-hybridized carbons (Fsp3) is 0.571. The summed E-state index contributed by atoms with van der Waals surface area (Å²) in [6, 6.07) is 1.27. The molecule has 1 aliphatic heterocycles. The molecule has 0 amide bonds. The first-order valence-corrected chi connectivity index (χ1v) is 6.89. The minimum atomic E-state index is -4.79. The molecule has 9 heteroatoms. The molecule has 1 N–H and O–H groups in total. The molecule has 1 aromatic rings. The maximum absolute atomic E-state index is 14.0. The maximum Gasteiger partial charge on any atom is 0.416 e. The number of halogens is 7. The number of nitrogens with zero attached hydrogens (tertiary/aromatic N) is 1. The topological polar surface area (TPSA) is 15.3 Å². The molecule has 0 radical (unpaired) electrons. The molecule has 1 heterocycles. The molecule has 1 saturated heterocycles. The van der Waals surface area contributed by atoms with Crippen LogP contribution in [-0.4, -0.2) is 37.5 Å². The lowest BCUT2D eigenvalue weighted by Crippen LogP contribution is -2.46. The number of alkyl halides is 5. The van der Waals surface area contributed by atoms with Crippen molar-refractivity contribution in [3.63, 3.8) is 0 Å². The summed E-state index contributed by atoms with van der Waals surface area (Å²) in [5, 5.41) is 2.99. The highest BCUT2D eigenvalue weighted by molar-refractivity contribution is 5.85. The fourth-order valence-corrected chi connectivity index (χ4v) is 2.73. The van der Waals surface area contributed by atoms with Gasteiger partial charge in [-0.2, -0.15) is 13.2 Å². The third kappa shape index (κ3) is 4.99. The Hall–Kier alpha value is -0.990. The summed E-state index contributed by atoms with van der Waals surface area (Å²) in [6.45, 7) is 1.52. The molecule has 0 aromatic heterocycles. The van der Waals surface area contributed by atoms with Gasteiger partial charge in [0.2, 0.25) is 6.43 Å². The predicted molar refractivity (Wildman–Crippen MR) is 76.5 cm³/mol. The third-order valence-electron chi connectivity index (χ3n) is 3.69. The van der Waals surface area contributed by atoms with Crippen LogP contribution in [-0.2, 0) is 6.18 Å². The summed E-state index contributed by atoms with van der Waals surface area (Å²) in [7, 11) is 0. The van der Waals surface area contributed by atoms with Crippen molar-refractivity contribution in [1.82, 2.24) is 10.2 Å². The molecule has 23 heavy (non-hydrogen) atoms. The monoisotopic (exact) mass is 362 g/mol. The first-order valence-electron chi connectivity index (χ1n) is 6.89. The van der Waals surface area contributed by atoms with Gasteiger partial charge in [0.15, 0.2) is 0 Å². The third-order valence-corrected chi connectivity index (χ3v) is 3.69. The summed E-state index contributed by atoms with van der Waals surface area (Å²) in [6.07, 6.45) is -8.43. The molecule has 1 atom stereocenters. The van der Waals surface area contributed by atoms with Gasteiger partial charge in [0.25, 0.3) is 0 Å². The number of hydrogen-bond acceptors (Lipinski definition) is 2. The van der Waals surface area contributed by atoms with Gasteiger partial charge in [0.1, 0.15) is 5.82 Å². The van der Waals surface area contributed by atoms with Crippen LogP contribution in [0.4, 0.5) is 26.3 Å². The van der Waals surface area contributed by atoms with Crippen molar-refractivity contribution in [3.8, 4) is 0 Å². The van der Waals surface area contributed by atoms with E-state index in [0.29, 0.717) is 26.2 Å². The van der Waals surface area contributed by atoms with E-state index in [1.807, 2.05) is 0 Å². The van der Waals surface area contributed by atoms with Gasteiger partial charge in [-0.15, -0.1) is 12.4 Å². The summed E-state index contributed by atoms with van der Waals surface area (Å²) in [5.41, 5.74) is -1.87. The highest BCUT2D eigenvalue weighted by atomic mass is 35.5. The number of rotatable bonds is 4. The lowest BCUT2D eigenvalue weighted by molar-refractivity contribution is -0.139. The second kappa shape index (κ2) is 8.21. The van der Waals surface area contributed by atoms with Crippen LogP contribution in [0.3, 0.4) is 0 Å². The number of benzene rings is 1. The van der Waals surface area contributed by atoms with Gasteiger partial charge >= 0.3 is 6.18 Å². The van der Waals surface area contributed by atoms with E-state index in [-0.39, 0.29) is 12.4 Å². The second-order valence-electron chi connectivity index (χ2n) is 5.13. The van der Waals surface area contributed by atoms with E-state index < -0.39 is 42.0 Å². The van der Waals surface area contributed by atoms with E-state index in [1.165, 1.54) is 4.90 Å². The lowest BCUT2D eigenvalue weighted by atomic mass is 9.95. The van der Waals surface area contributed by atoms with Gasteiger partial charge in [-0.25, -0.2) is 13.2 Å². The highest BCUT2D eigenvalue weighted by Gasteiger charge is 2.39. The molecule has 2 nitrogen and oxygen atoms in total. The summed E-state index contributed by atoms with van der Waals surface area (Å²) >= 11 is 0. The van der Waals surface area contributed by atoms with E-state index in [2.05, 4.69) is 5.32 Å². The van der Waals surface area contributed by atoms with Crippen LogP contribution in [0.2, 0.25) is 0 Å². The predicted octanol–water partition coefficient (Wildman–Crippen LogP) is 3.87. The minimum Gasteiger partial charge on any atom is -0.314 e. The molecule has 1 aromatic carbocycles. The average molecular weight is 363 g/mol. The van der Waals surface area contributed by atoms with E-state index in [4.69, 9.17) is 0 Å². The van der Waals surface area contributed by atoms with Crippen molar-refractivity contribution < 1.29 is 26.3 Å². The molecule has 0 unspecified atom stereocenters. The Kier molecular flexibility index (Phi) is 7.16. The van der Waals surface area contributed by atoms with Crippen LogP contribution in [0.5, 0.6) is 0 Å². The average Bonchev–Trinajstić information content (AvgIpc) is 2.44. The Balaban J connectivity index is 0.00000264. The van der Waals surface area contributed by atoms with Gasteiger partial charge in [-0.3, -0.25) is 4.90 Å². The number of nitrogens with one attached hydrogen (secondary N) is 1. The first-order chi connectivity index (χ1) is 10.3. The van der Waals surface area contributed by atoms with Crippen LogP contribution in [0, 0.1) is 5.82 Å². The zero-order valence-electron chi connectivity index (χ0n) is 12.0. The second-order valence-corrected chi connectivity index (χ2v) is 5.13. The SMILES string of the molecule is Cl.Fc1cccc(C(F)(F)F)c1[C@H](CC(F)F)N1CCNCC1. The quantitative estimate of drug-likeness (QED) is 0.818. The van der Waals surface area contributed by atoms with Crippen molar-refractivity contribution in [1.29, 1.82) is 0 Å². The van der Waals surface area contributed by atoms with Crippen molar-refractivity contribution in [2.75, 3.05) is 26.2 Å². The van der Waals surface area contributed by atoms with Crippen molar-refractivity contribution in [3.05, 3.63) is 35.1 Å². The molecule has 132 valence electrons. The zero-order chi connectivity index (χ0) is 16.3. The Morgan fingerprint density at radius 2 is 1.74 bits per heavy atom. The smallest absolute Gasteiger partial charge is 0.314 e. The van der Waals surface area contributed by atoms with Crippen molar-refractivity contribution in [2.45, 2.75) is 25.1 Å². The van der Waals surface area contributed by atoms with E-state index in [9.17, 15) is 26.3 Å². The highest BCUT2D eigenvalue weighted by Crippen LogP contribution is 2.39. The van der Waals surface area contributed by atoms with Crippen LogP contribution >= 0.6 is 12.4 Å². The van der Waals surface area contributed by atoms with Crippen LogP contribution in [0.25, 0.3) is 0 Å². The van der Waals surface area contributed by atoms with Gasteiger partial charge in [-0.1, -0.05) is 6.07 Å². The van der Waals surface area contributed by atoms with Gasteiger partial charge < -0.3 is 5.32 Å². The van der Waals surface area contributed by atoms with Crippen molar-refractivity contribution >= 4 is 12.4 Å². The van der Waals surface area contributed by atoms with E-state index in [1.54, 1.807) is 0 Å². The maximum atomic E-state index is 14.0. The van der Waals surface area contributed by atoms with Crippen LogP contribution in [0.1, 0.15) is 23.6 Å². The normalized spacial score (nSPS) is 17.9. The first kappa shape index (κ1) is 20.1. The zero-order valence-corrected chi connectivity index (χ0v) is 12.9. The van der Waals surface area contributed by atoms with E-state index in [0.717, 1.165) is 18.2 Å². The lowest BCUT2D eigenvalue weighted by Gasteiger charge is -2.36. The number of hydrogen-bond donors (Lipinski definition) is 1. The molecular formula is C14H17ClF6N2.